The Kier molecular flexibility index (Phi) is 4.47. The molecule has 120 valence electrons. The molecular weight excluding hydrogens is 326 g/mol. The summed E-state index contributed by atoms with van der Waals surface area (Å²) in [5.41, 5.74) is 1.26. The fourth-order valence-electron chi connectivity index (χ4n) is 3.34. The van der Waals surface area contributed by atoms with Crippen molar-refractivity contribution in [1.82, 2.24) is 9.88 Å². The van der Waals surface area contributed by atoms with E-state index in [1.54, 1.807) is 18.0 Å². The van der Waals surface area contributed by atoms with E-state index in [1.807, 2.05) is 6.07 Å². The Morgan fingerprint density at radius 2 is 1.87 bits per heavy atom. The highest BCUT2D eigenvalue weighted by atomic mass is 35.5. The molecule has 0 saturated carbocycles. The number of halogens is 1. The number of aromatic nitrogens is 1. The normalized spacial score (nSPS) is 17.7. The largest absolute Gasteiger partial charge is 0.323 e. The molecular formula is C18H20ClN3S. The molecule has 0 atom stereocenters. The molecule has 0 radical (unpaired) electrons. The molecule has 0 bridgehead atoms. The van der Waals surface area contributed by atoms with E-state index >= 15 is 0 Å². The van der Waals surface area contributed by atoms with Gasteiger partial charge in [-0.2, -0.15) is 0 Å². The Balaban J connectivity index is 1.62. The van der Waals surface area contributed by atoms with Gasteiger partial charge in [-0.3, -0.25) is 0 Å². The van der Waals surface area contributed by atoms with Crippen LogP contribution in [0, 0.1) is 0 Å². The number of benzene rings is 1. The lowest BCUT2D eigenvalue weighted by atomic mass is 10.1. The summed E-state index contributed by atoms with van der Waals surface area (Å²) in [6.07, 6.45) is 5.79. The molecule has 4 rings (SSSR count). The maximum atomic E-state index is 6.15. The van der Waals surface area contributed by atoms with E-state index in [1.165, 1.54) is 42.9 Å². The van der Waals surface area contributed by atoms with Crippen LogP contribution in [0.25, 0.3) is 0 Å². The maximum Gasteiger partial charge on any atom is 0.147 e. The first-order chi connectivity index (χ1) is 11.3. The van der Waals surface area contributed by atoms with Gasteiger partial charge in [-0.15, -0.1) is 0 Å². The van der Waals surface area contributed by atoms with Gasteiger partial charge in [0.05, 0.1) is 15.6 Å². The van der Waals surface area contributed by atoms with E-state index in [4.69, 9.17) is 11.6 Å². The molecule has 1 saturated heterocycles. The van der Waals surface area contributed by atoms with Gasteiger partial charge in [-0.25, -0.2) is 4.98 Å². The van der Waals surface area contributed by atoms with Crippen molar-refractivity contribution in [3.05, 3.63) is 41.6 Å². The predicted octanol–water partition coefficient (Wildman–Crippen LogP) is 4.82. The third-order valence-corrected chi connectivity index (χ3v) is 5.81. The van der Waals surface area contributed by atoms with Crippen molar-refractivity contribution in [3.8, 4) is 0 Å². The number of anilines is 2. The van der Waals surface area contributed by atoms with Crippen LogP contribution in [0.2, 0.25) is 5.02 Å². The van der Waals surface area contributed by atoms with E-state index in [0.717, 1.165) is 23.8 Å². The SMILES string of the molecule is Clc1cnc2c(c1)Sc1ccccc1N2CCN1CCCCC1. The summed E-state index contributed by atoms with van der Waals surface area (Å²) in [4.78, 5) is 12.0. The molecule has 0 N–H and O–H groups in total. The molecule has 1 fully saturated rings. The fourth-order valence-corrected chi connectivity index (χ4v) is 4.67. The Morgan fingerprint density at radius 3 is 2.74 bits per heavy atom. The highest BCUT2D eigenvalue weighted by Crippen LogP contribution is 2.47. The van der Waals surface area contributed by atoms with E-state index in [2.05, 4.69) is 39.0 Å². The number of hydrogen-bond acceptors (Lipinski definition) is 4. The predicted molar refractivity (Wildman–Crippen MR) is 97.1 cm³/mol. The first-order valence-corrected chi connectivity index (χ1v) is 9.43. The van der Waals surface area contributed by atoms with Crippen LogP contribution in [-0.4, -0.2) is 36.1 Å². The Labute approximate surface area is 146 Å². The highest BCUT2D eigenvalue weighted by molar-refractivity contribution is 7.99. The zero-order valence-electron chi connectivity index (χ0n) is 13.0. The van der Waals surface area contributed by atoms with Crippen LogP contribution in [0.1, 0.15) is 19.3 Å². The van der Waals surface area contributed by atoms with Crippen molar-refractivity contribution < 1.29 is 0 Å². The summed E-state index contributed by atoms with van der Waals surface area (Å²) in [6.45, 7) is 4.51. The third kappa shape index (κ3) is 3.21. The van der Waals surface area contributed by atoms with Crippen molar-refractivity contribution in [2.24, 2.45) is 0 Å². The molecule has 1 aromatic heterocycles. The van der Waals surface area contributed by atoms with Gasteiger partial charge < -0.3 is 9.80 Å². The molecule has 3 heterocycles. The molecule has 2 aromatic rings. The fraction of sp³-hybridized carbons (Fsp3) is 0.389. The van der Waals surface area contributed by atoms with E-state index in [9.17, 15) is 0 Å². The lowest BCUT2D eigenvalue weighted by molar-refractivity contribution is 0.234. The number of likely N-dealkylation sites (tertiary alicyclic amines) is 1. The van der Waals surface area contributed by atoms with E-state index in [0.29, 0.717) is 5.02 Å². The summed E-state index contributed by atoms with van der Waals surface area (Å²) in [6, 6.07) is 10.6. The molecule has 0 amide bonds. The molecule has 23 heavy (non-hydrogen) atoms. The molecule has 0 unspecified atom stereocenters. The van der Waals surface area contributed by atoms with Gasteiger partial charge in [0, 0.05) is 24.2 Å². The molecule has 5 heteroatoms. The second-order valence-corrected chi connectivity index (χ2v) is 7.62. The van der Waals surface area contributed by atoms with Crippen molar-refractivity contribution in [2.45, 2.75) is 29.1 Å². The molecule has 2 aliphatic rings. The van der Waals surface area contributed by atoms with Gasteiger partial charge in [0.1, 0.15) is 5.82 Å². The zero-order chi connectivity index (χ0) is 15.6. The molecule has 0 aliphatic carbocycles. The third-order valence-electron chi connectivity index (χ3n) is 4.52. The number of hydrogen-bond donors (Lipinski definition) is 0. The second kappa shape index (κ2) is 6.71. The lowest BCUT2D eigenvalue weighted by Crippen LogP contribution is -2.37. The number of nitrogens with zero attached hydrogens (tertiary/aromatic N) is 3. The molecule has 0 spiro atoms. The average molecular weight is 346 g/mol. The van der Waals surface area contributed by atoms with Crippen LogP contribution in [0.3, 0.4) is 0 Å². The minimum atomic E-state index is 0.701. The average Bonchev–Trinajstić information content (AvgIpc) is 2.59. The topological polar surface area (TPSA) is 19.4 Å². The van der Waals surface area contributed by atoms with Crippen LogP contribution in [0.15, 0.2) is 46.3 Å². The van der Waals surface area contributed by atoms with Gasteiger partial charge in [0.25, 0.3) is 0 Å². The summed E-state index contributed by atoms with van der Waals surface area (Å²) < 4.78 is 0. The summed E-state index contributed by atoms with van der Waals surface area (Å²) >= 11 is 7.91. The van der Waals surface area contributed by atoms with Crippen molar-refractivity contribution in [3.63, 3.8) is 0 Å². The Hall–Kier alpha value is -1.23. The number of rotatable bonds is 3. The molecule has 1 aromatic carbocycles. The summed E-state index contributed by atoms with van der Waals surface area (Å²) in [5, 5.41) is 0.701. The monoisotopic (exact) mass is 345 g/mol. The number of para-hydroxylation sites is 1. The summed E-state index contributed by atoms with van der Waals surface area (Å²) in [5.74, 6) is 1.04. The first-order valence-electron chi connectivity index (χ1n) is 8.23. The van der Waals surface area contributed by atoms with Crippen molar-refractivity contribution in [2.75, 3.05) is 31.1 Å². The van der Waals surface area contributed by atoms with Crippen LogP contribution >= 0.6 is 23.4 Å². The number of pyridine rings is 1. The van der Waals surface area contributed by atoms with Gasteiger partial charge in [-0.05, 0) is 44.1 Å². The molecule has 3 nitrogen and oxygen atoms in total. The zero-order valence-corrected chi connectivity index (χ0v) is 14.6. The quantitative estimate of drug-likeness (QED) is 0.793. The second-order valence-electron chi connectivity index (χ2n) is 6.10. The molecule has 2 aliphatic heterocycles. The lowest BCUT2D eigenvalue weighted by Gasteiger charge is -2.34. The Bertz CT molecular complexity index is 700. The highest BCUT2D eigenvalue weighted by Gasteiger charge is 2.25. The van der Waals surface area contributed by atoms with Crippen molar-refractivity contribution >= 4 is 34.9 Å². The maximum absolute atomic E-state index is 6.15. The standard InChI is InChI=1S/C18H20ClN3S/c19-14-12-17-18(20-13-14)22(11-10-21-8-4-1-5-9-21)15-6-2-3-7-16(15)23-17/h2-3,6-7,12-13H,1,4-5,8-11H2. The minimum absolute atomic E-state index is 0.701. The van der Waals surface area contributed by atoms with Crippen molar-refractivity contribution in [1.29, 1.82) is 0 Å². The van der Waals surface area contributed by atoms with Crippen LogP contribution < -0.4 is 4.90 Å². The Morgan fingerprint density at radius 1 is 1.04 bits per heavy atom. The number of piperidine rings is 1. The van der Waals surface area contributed by atoms with Gasteiger partial charge in [0.15, 0.2) is 0 Å². The van der Waals surface area contributed by atoms with Crippen LogP contribution in [0.5, 0.6) is 0 Å². The van der Waals surface area contributed by atoms with Gasteiger partial charge >= 0.3 is 0 Å². The van der Waals surface area contributed by atoms with E-state index in [-0.39, 0.29) is 0 Å². The summed E-state index contributed by atoms with van der Waals surface area (Å²) in [7, 11) is 0. The minimum Gasteiger partial charge on any atom is -0.323 e. The van der Waals surface area contributed by atoms with Crippen LogP contribution in [-0.2, 0) is 0 Å². The smallest absolute Gasteiger partial charge is 0.147 e. The van der Waals surface area contributed by atoms with E-state index < -0.39 is 0 Å². The number of fused-ring (bicyclic) bond motifs is 2. The van der Waals surface area contributed by atoms with Gasteiger partial charge in [0.2, 0.25) is 0 Å². The van der Waals surface area contributed by atoms with Gasteiger partial charge in [-0.1, -0.05) is 41.9 Å². The first kappa shape index (κ1) is 15.3. The van der Waals surface area contributed by atoms with Crippen LogP contribution in [0.4, 0.5) is 11.5 Å².